The molecule has 350 valence electrons. The Kier molecular flexibility index (Phi) is 15.2. The first-order valence-corrected chi connectivity index (χ1v) is 26.2. The highest BCUT2D eigenvalue weighted by Gasteiger charge is 2.36. The third-order valence-electron chi connectivity index (χ3n) is 14.0. The van der Waals surface area contributed by atoms with Crippen molar-refractivity contribution >= 4 is 59.6 Å². The highest BCUT2D eigenvalue weighted by Crippen LogP contribution is 2.42. The van der Waals surface area contributed by atoms with Crippen molar-refractivity contribution < 1.29 is 50.2 Å². The van der Waals surface area contributed by atoms with E-state index in [1.807, 2.05) is 0 Å². The first-order valence-electron chi connectivity index (χ1n) is 23.0. The lowest BCUT2D eigenvalue weighted by Crippen LogP contribution is -2.41. The molecule has 2 atom stereocenters. The molecule has 2 aliphatic heterocycles. The molecule has 2 amide bonds. The number of fused-ring (bicyclic) bond motifs is 6. The van der Waals surface area contributed by atoms with E-state index >= 15 is 0 Å². The van der Waals surface area contributed by atoms with E-state index in [0.29, 0.717) is 59.7 Å². The number of hydrogen-bond donors (Lipinski definition) is 2. The van der Waals surface area contributed by atoms with Crippen molar-refractivity contribution in [3.63, 3.8) is 0 Å². The normalized spacial score (nSPS) is 19.7. The molecule has 14 nitrogen and oxygen atoms in total. The van der Waals surface area contributed by atoms with Gasteiger partial charge in [-0.3, -0.25) is 14.0 Å². The smallest absolute Gasteiger partial charge is 0.335 e. The van der Waals surface area contributed by atoms with Crippen molar-refractivity contribution in [1.29, 1.82) is 0 Å². The predicted molar refractivity (Wildman–Crippen MR) is 244 cm³/mol. The molecule has 0 saturated carbocycles. The molecule has 2 aromatic carbocycles. The minimum absolute atomic E-state index is 0.00553. The Morgan fingerprint density at radius 3 is 1.62 bits per heavy atom. The average Bonchev–Trinajstić information content (AvgIpc) is 3.83. The van der Waals surface area contributed by atoms with Gasteiger partial charge in [0.05, 0.1) is 41.3 Å². The highest BCUT2D eigenvalue weighted by atomic mass is 32.2. The zero-order valence-corrected chi connectivity index (χ0v) is 38.9. The van der Waals surface area contributed by atoms with Crippen LogP contribution in [0.3, 0.4) is 0 Å². The van der Waals surface area contributed by atoms with Crippen molar-refractivity contribution in [2.24, 2.45) is 23.7 Å². The number of nitrogens with zero attached hydrogens (tertiary/aromatic N) is 3. The molecule has 2 saturated heterocycles. The van der Waals surface area contributed by atoms with Gasteiger partial charge in [0.2, 0.25) is 26.0 Å². The van der Waals surface area contributed by atoms with Crippen LogP contribution in [0.25, 0.3) is 21.8 Å². The number of benzene rings is 2. The summed E-state index contributed by atoms with van der Waals surface area (Å²) in [5, 5.41) is 13.6. The van der Waals surface area contributed by atoms with Crippen LogP contribution in [0.5, 0.6) is 0 Å². The van der Waals surface area contributed by atoms with Gasteiger partial charge in [-0.25, -0.2) is 29.6 Å². The van der Waals surface area contributed by atoms with Crippen LogP contribution >= 0.6 is 0 Å². The topological polar surface area (TPSA) is 183 Å². The summed E-state index contributed by atoms with van der Waals surface area (Å²) in [6.07, 6.45) is 9.30. The number of alkyl halides is 1. The molecule has 2 aromatic heterocycles. The van der Waals surface area contributed by atoms with Gasteiger partial charge in [-0.15, -0.1) is 0 Å². The quantitative estimate of drug-likeness (QED) is 0.135. The number of carboxylic acids is 1. The summed E-state index contributed by atoms with van der Waals surface area (Å²) in [7, 11) is -6.97. The number of carbonyl (C=O) groups is 3. The number of amides is 2. The van der Waals surface area contributed by atoms with Crippen molar-refractivity contribution in [2.45, 2.75) is 91.4 Å². The van der Waals surface area contributed by atoms with Crippen LogP contribution in [0, 0.1) is 23.7 Å². The number of aromatic nitrogens is 2. The second-order valence-corrected chi connectivity index (χ2v) is 21.8. The van der Waals surface area contributed by atoms with Gasteiger partial charge in [-0.05, 0) is 163 Å². The molecular formula is C47H63FN4O10S2. The lowest BCUT2D eigenvalue weighted by Gasteiger charge is -2.33. The third-order valence-corrected chi connectivity index (χ3v) is 17.4. The van der Waals surface area contributed by atoms with Crippen LogP contribution in [-0.2, 0) is 60.0 Å². The van der Waals surface area contributed by atoms with E-state index in [4.69, 9.17) is 9.47 Å². The van der Waals surface area contributed by atoms with Gasteiger partial charge < -0.3 is 24.8 Å². The molecule has 4 aliphatic rings. The number of aromatic carboxylic acids is 1. The fraction of sp³-hybridized carbons (Fsp3) is 0.596. The second kappa shape index (κ2) is 20.5. The van der Waals surface area contributed by atoms with E-state index in [-0.39, 0.29) is 48.4 Å². The molecule has 2 unspecified atom stereocenters. The zero-order chi connectivity index (χ0) is 45.8. The Morgan fingerprint density at radius 1 is 0.719 bits per heavy atom. The largest absolute Gasteiger partial charge is 0.478 e. The standard InChI is InChI=1S/C27H38FN3O5S.C20H25NO5S/c1-3-30(18-26(32)29-13-5-12-28)27(33)21-7-9-25-23(17-21)22-16-20(19-10-14-36-15-11-19)6-8-24(22)31(25)37(34,35)4-2;1-2-27(24,25)21-18-5-3-14(13-7-9-26-10-8-13)11-16(18)17-12-15(20(22)23)4-6-19(17)21/h7,9,17,19-20H,3-6,8,10-16,18H2,1-2H3,(H,29,32);4,6,12-14H,2-3,5,7-11H2,1H3,(H,22,23). The third kappa shape index (κ3) is 9.92. The minimum atomic E-state index is -3.52. The number of ether oxygens (including phenoxy) is 2. The lowest BCUT2D eigenvalue weighted by molar-refractivity contribution is -0.121. The van der Waals surface area contributed by atoms with Gasteiger partial charge >= 0.3 is 5.97 Å². The van der Waals surface area contributed by atoms with E-state index in [0.717, 1.165) is 111 Å². The molecule has 2 N–H and O–H groups in total. The van der Waals surface area contributed by atoms with Crippen LogP contribution in [-0.4, -0.2) is 117 Å². The van der Waals surface area contributed by atoms with E-state index in [1.54, 1.807) is 51.1 Å². The van der Waals surface area contributed by atoms with Crippen molar-refractivity contribution in [1.82, 2.24) is 18.2 Å². The molecule has 2 fully saturated rings. The Morgan fingerprint density at radius 2 is 1.19 bits per heavy atom. The number of likely N-dealkylation sites (N-methyl/N-ethyl adjacent to an activating group) is 1. The average molecular weight is 927 g/mol. The van der Waals surface area contributed by atoms with Gasteiger partial charge in [0.25, 0.3) is 5.91 Å². The van der Waals surface area contributed by atoms with Crippen molar-refractivity contribution in [3.8, 4) is 0 Å². The van der Waals surface area contributed by atoms with Gasteiger partial charge in [-0.1, -0.05) is 0 Å². The minimum Gasteiger partial charge on any atom is -0.478 e. The Balaban J connectivity index is 0.000000201. The fourth-order valence-corrected chi connectivity index (χ4v) is 13.0. The van der Waals surface area contributed by atoms with Crippen LogP contribution in [0.15, 0.2) is 36.4 Å². The molecule has 0 spiro atoms. The van der Waals surface area contributed by atoms with E-state index in [1.165, 1.54) is 18.9 Å². The van der Waals surface area contributed by atoms with E-state index in [2.05, 4.69) is 5.32 Å². The van der Waals surface area contributed by atoms with Crippen molar-refractivity contribution in [3.05, 3.63) is 70.0 Å². The summed E-state index contributed by atoms with van der Waals surface area (Å²) in [5.74, 6) is 0.506. The molecule has 0 radical (unpaired) electrons. The molecule has 4 aromatic rings. The lowest BCUT2D eigenvalue weighted by atomic mass is 9.75. The summed E-state index contributed by atoms with van der Waals surface area (Å²) < 4.78 is 78.2. The summed E-state index contributed by atoms with van der Waals surface area (Å²) in [5.41, 5.74) is 5.58. The fourth-order valence-electron chi connectivity index (χ4n) is 10.5. The van der Waals surface area contributed by atoms with E-state index in [9.17, 15) is 40.7 Å². The van der Waals surface area contributed by atoms with Crippen LogP contribution < -0.4 is 5.32 Å². The van der Waals surface area contributed by atoms with Gasteiger partial charge in [-0.2, -0.15) is 0 Å². The number of carbonyl (C=O) groups excluding carboxylic acids is 2. The van der Waals surface area contributed by atoms with Crippen LogP contribution in [0.4, 0.5) is 4.39 Å². The maximum absolute atomic E-state index is 13.4. The molecular weight excluding hydrogens is 864 g/mol. The Labute approximate surface area is 375 Å². The van der Waals surface area contributed by atoms with Gasteiger partial charge in [0.15, 0.2) is 0 Å². The number of rotatable bonds is 14. The van der Waals surface area contributed by atoms with Crippen LogP contribution in [0.2, 0.25) is 0 Å². The maximum Gasteiger partial charge on any atom is 0.335 e. The summed E-state index contributed by atoms with van der Waals surface area (Å²) in [4.78, 5) is 38.5. The SMILES string of the molecule is CCN(CC(=O)NCCCF)C(=O)c1ccc2c(c1)c1c(n2S(=O)(=O)CC)CCC(C2CCOCC2)C1.CCS(=O)(=O)n1c2c(c3cc(C(=O)O)ccc31)CC(C1CCOCC1)CC2. The number of halogens is 1. The van der Waals surface area contributed by atoms with Gasteiger partial charge in [0, 0.05) is 67.2 Å². The maximum atomic E-state index is 13.4. The number of hydrogen-bond acceptors (Lipinski definition) is 9. The summed E-state index contributed by atoms with van der Waals surface area (Å²) >= 11 is 0. The zero-order valence-electron chi connectivity index (χ0n) is 37.3. The Hall–Kier alpha value is -4.32. The highest BCUT2D eigenvalue weighted by molar-refractivity contribution is 7.90. The first kappa shape index (κ1) is 47.6. The van der Waals surface area contributed by atoms with Crippen molar-refractivity contribution in [2.75, 3.05) is 64.2 Å². The van der Waals surface area contributed by atoms with E-state index < -0.39 is 32.7 Å². The summed E-state index contributed by atoms with van der Waals surface area (Å²) in [6, 6.07) is 9.96. The Bertz CT molecular complexity index is 2580. The second-order valence-electron chi connectivity index (χ2n) is 17.6. The molecule has 8 rings (SSSR count). The molecule has 2 aliphatic carbocycles. The monoisotopic (exact) mass is 926 g/mol. The molecule has 17 heteroatoms. The first-order chi connectivity index (χ1) is 30.7. The number of nitrogens with one attached hydrogen (secondary N) is 1. The predicted octanol–water partition coefficient (Wildman–Crippen LogP) is 6.38. The molecule has 64 heavy (non-hydrogen) atoms. The number of carboxylic acid groups (broad SMARTS) is 1. The molecule has 0 bridgehead atoms. The summed E-state index contributed by atoms with van der Waals surface area (Å²) in [6.45, 7) is 8.17. The van der Waals surface area contributed by atoms with Gasteiger partial charge in [0.1, 0.15) is 0 Å². The molecule has 4 heterocycles. The van der Waals surface area contributed by atoms with Crippen LogP contribution in [0.1, 0.15) is 109 Å².